The number of dihydropyridines is 1. The molecule has 1 saturated heterocycles. The molecule has 2 heterocycles. The molecule has 0 aliphatic carbocycles. The molecule has 0 saturated carbocycles. The zero-order valence-corrected chi connectivity index (χ0v) is 15.2. The molecule has 1 fully saturated rings. The van der Waals surface area contributed by atoms with Crippen LogP contribution in [0, 0.1) is 0 Å². The van der Waals surface area contributed by atoms with Crippen LogP contribution in [0.2, 0.25) is 0 Å². The van der Waals surface area contributed by atoms with Gasteiger partial charge in [0.1, 0.15) is 5.75 Å². The van der Waals surface area contributed by atoms with Crippen LogP contribution in [-0.4, -0.2) is 36.9 Å². The maximum Gasteiger partial charge on any atom is 0.494 e. The quantitative estimate of drug-likeness (QED) is 0.750. The number of ether oxygens (including phenoxy) is 1. The van der Waals surface area contributed by atoms with Crippen LogP contribution in [0.15, 0.2) is 40.9 Å². The van der Waals surface area contributed by atoms with E-state index in [2.05, 4.69) is 4.99 Å². The van der Waals surface area contributed by atoms with Crippen molar-refractivity contribution in [2.24, 2.45) is 4.99 Å². The number of aliphatic imine (C=N–C) groups is 1. The Morgan fingerprint density at radius 3 is 2.15 bits per heavy atom. The van der Waals surface area contributed by atoms with Crippen LogP contribution in [-0.2, 0) is 9.31 Å². The van der Waals surface area contributed by atoms with E-state index in [1.54, 1.807) is 24.3 Å². The number of hydrogen-bond acceptors (Lipinski definition) is 4. The van der Waals surface area contributed by atoms with Crippen LogP contribution in [0.25, 0.3) is 0 Å². The van der Waals surface area contributed by atoms with Crippen LogP contribution < -0.4 is 10.2 Å². The Morgan fingerprint density at radius 2 is 1.62 bits per heavy atom. The zero-order chi connectivity index (χ0) is 19.2. The fourth-order valence-electron chi connectivity index (χ4n) is 2.63. The van der Waals surface area contributed by atoms with Gasteiger partial charge in [-0.1, -0.05) is 12.1 Å². The van der Waals surface area contributed by atoms with Gasteiger partial charge in [0.15, 0.2) is 0 Å². The molecule has 26 heavy (non-hydrogen) atoms. The molecular formula is C18H21BF3NO3. The molecule has 2 aliphatic rings. The molecule has 2 aliphatic heterocycles. The lowest BCUT2D eigenvalue weighted by Crippen LogP contribution is -2.41. The van der Waals surface area contributed by atoms with Crippen LogP contribution >= 0.6 is 0 Å². The minimum Gasteiger partial charge on any atom is -0.439 e. The summed E-state index contributed by atoms with van der Waals surface area (Å²) in [6, 6.07) is 6.88. The summed E-state index contributed by atoms with van der Waals surface area (Å²) >= 11 is 0. The summed E-state index contributed by atoms with van der Waals surface area (Å²) in [4.78, 5) is 4.00. The van der Waals surface area contributed by atoms with E-state index >= 15 is 0 Å². The first-order valence-electron chi connectivity index (χ1n) is 8.44. The van der Waals surface area contributed by atoms with Crippen molar-refractivity contribution in [3.8, 4) is 5.75 Å². The average molecular weight is 367 g/mol. The smallest absolute Gasteiger partial charge is 0.439 e. The molecular weight excluding hydrogens is 346 g/mol. The summed E-state index contributed by atoms with van der Waals surface area (Å²) in [5.74, 6) is 0.371. The number of benzene rings is 1. The average Bonchev–Trinajstić information content (AvgIpc) is 2.75. The van der Waals surface area contributed by atoms with Gasteiger partial charge in [0.2, 0.25) is 5.90 Å². The molecule has 8 heteroatoms. The maximum absolute atomic E-state index is 12.8. The van der Waals surface area contributed by atoms with Crippen LogP contribution in [0.1, 0.15) is 34.1 Å². The molecule has 1 aromatic carbocycles. The number of halogens is 3. The van der Waals surface area contributed by atoms with Gasteiger partial charge in [-0.25, -0.2) is 0 Å². The number of nitrogens with zero attached hydrogens (tertiary/aromatic N) is 1. The van der Waals surface area contributed by atoms with E-state index in [1.165, 1.54) is 0 Å². The molecule has 4 nitrogen and oxygen atoms in total. The third kappa shape index (κ3) is 3.81. The first kappa shape index (κ1) is 19.0. The highest BCUT2D eigenvalue weighted by Gasteiger charge is 2.51. The summed E-state index contributed by atoms with van der Waals surface area (Å²) in [6.07, 6.45) is -3.53. The molecule has 0 atom stereocenters. The van der Waals surface area contributed by atoms with Gasteiger partial charge in [0.05, 0.1) is 11.2 Å². The Balaban J connectivity index is 1.70. The Hall–Kier alpha value is -1.80. The van der Waals surface area contributed by atoms with Gasteiger partial charge in [-0.15, -0.1) is 0 Å². The van der Waals surface area contributed by atoms with Crippen molar-refractivity contribution in [1.29, 1.82) is 0 Å². The van der Waals surface area contributed by atoms with E-state index in [0.717, 1.165) is 11.5 Å². The van der Waals surface area contributed by atoms with Gasteiger partial charge >= 0.3 is 13.3 Å². The normalized spacial score (nSPS) is 22.0. The highest BCUT2D eigenvalue weighted by molar-refractivity contribution is 6.62. The van der Waals surface area contributed by atoms with Gasteiger partial charge in [-0.2, -0.15) is 13.2 Å². The molecule has 0 amide bonds. The van der Waals surface area contributed by atoms with Crippen LogP contribution in [0.3, 0.4) is 0 Å². The minimum atomic E-state index is -4.36. The van der Waals surface area contributed by atoms with Crippen LogP contribution in [0.5, 0.6) is 5.75 Å². The second-order valence-electron chi connectivity index (χ2n) is 7.40. The van der Waals surface area contributed by atoms with Gasteiger partial charge in [0.25, 0.3) is 0 Å². The third-order valence-corrected chi connectivity index (χ3v) is 4.94. The van der Waals surface area contributed by atoms with Gasteiger partial charge in [-0.3, -0.25) is 4.99 Å². The molecule has 0 aromatic heterocycles. The second-order valence-corrected chi connectivity index (χ2v) is 7.40. The predicted molar refractivity (Wildman–Crippen MR) is 93.8 cm³/mol. The predicted octanol–water partition coefficient (Wildman–Crippen LogP) is 3.66. The summed E-state index contributed by atoms with van der Waals surface area (Å²) in [7, 11) is -0.502. The van der Waals surface area contributed by atoms with E-state index in [9.17, 15) is 13.2 Å². The zero-order valence-electron chi connectivity index (χ0n) is 15.2. The van der Waals surface area contributed by atoms with E-state index in [1.807, 2.05) is 27.7 Å². The molecule has 0 radical (unpaired) electrons. The number of alkyl halides is 3. The minimum absolute atomic E-state index is 0.0352. The van der Waals surface area contributed by atoms with E-state index in [0.29, 0.717) is 5.75 Å². The van der Waals surface area contributed by atoms with Crippen molar-refractivity contribution in [2.45, 2.75) is 51.5 Å². The lowest BCUT2D eigenvalue weighted by Gasteiger charge is -2.32. The van der Waals surface area contributed by atoms with Gasteiger partial charge < -0.3 is 14.0 Å². The fourth-order valence-corrected chi connectivity index (χ4v) is 2.63. The lowest BCUT2D eigenvalue weighted by molar-refractivity contribution is -0.0939. The van der Waals surface area contributed by atoms with E-state index in [4.69, 9.17) is 14.0 Å². The first-order valence-corrected chi connectivity index (χ1v) is 8.44. The first-order chi connectivity index (χ1) is 12.0. The van der Waals surface area contributed by atoms with Crippen molar-refractivity contribution in [1.82, 2.24) is 0 Å². The lowest BCUT2D eigenvalue weighted by atomic mass is 9.79. The SMILES string of the molecule is CC1(C)OB(c2ccc(OC3=NCCC(C(F)(F)F)=C3)cc2)OC1(C)C. The molecule has 0 N–H and O–H groups in total. The number of rotatable bonds is 2. The molecule has 3 rings (SSSR count). The van der Waals surface area contributed by atoms with Crippen molar-refractivity contribution >= 4 is 18.5 Å². The third-order valence-electron chi connectivity index (χ3n) is 4.94. The Labute approximate surface area is 151 Å². The number of hydrogen-bond donors (Lipinski definition) is 0. The van der Waals surface area contributed by atoms with Gasteiger partial charge in [0, 0.05) is 18.2 Å². The highest BCUT2D eigenvalue weighted by atomic mass is 19.4. The Bertz CT molecular complexity index is 723. The topological polar surface area (TPSA) is 40.0 Å². The maximum atomic E-state index is 12.8. The molecule has 140 valence electrons. The molecule has 0 bridgehead atoms. The van der Waals surface area contributed by atoms with Crippen molar-refractivity contribution in [2.75, 3.05) is 6.54 Å². The molecule has 1 aromatic rings. The summed E-state index contributed by atoms with van der Waals surface area (Å²) in [6.45, 7) is 7.94. The van der Waals surface area contributed by atoms with E-state index < -0.39 is 30.1 Å². The van der Waals surface area contributed by atoms with Crippen molar-refractivity contribution in [3.05, 3.63) is 35.9 Å². The van der Waals surface area contributed by atoms with E-state index in [-0.39, 0.29) is 18.9 Å². The summed E-state index contributed by atoms with van der Waals surface area (Å²) < 4.78 is 55.8. The molecule has 0 spiro atoms. The second kappa shape index (κ2) is 6.42. The largest absolute Gasteiger partial charge is 0.494 e. The summed E-state index contributed by atoms with van der Waals surface area (Å²) in [5.41, 5.74) is -0.699. The molecule has 0 unspecified atom stereocenters. The monoisotopic (exact) mass is 367 g/mol. The summed E-state index contributed by atoms with van der Waals surface area (Å²) in [5, 5.41) is 0. The van der Waals surface area contributed by atoms with Crippen molar-refractivity contribution in [3.63, 3.8) is 0 Å². The fraction of sp³-hybridized carbons (Fsp3) is 0.500. The van der Waals surface area contributed by atoms with Crippen molar-refractivity contribution < 1.29 is 27.2 Å². The highest BCUT2D eigenvalue weighted by Crippen LogP contribution is 2.36. The van der Waals surface area contributed by atoms with Crippen LogP contribution in [0.4, 0.5) is 13.2 Å². The Kier molecular flexibility index (Phi) is 4.69. The Morgan fingerprint density at radius 1 is 1.04 bits per heavy atom. The van der Waals surface area contributed by atoms with Gasteiger partial charge in [-0.05, 0) is 51.7 Å². The standard InChI is InChI=1S/C18H21BF3NO3/c1-16(2)17(3,4)26-19(25-16)13-5-7-14(8-6-13)24-15-11-12(9-10-23-15)18(20,21)22/h5-8,11H,9-10H2,1-4H3.